The lowest BCUT2D eigenvalue weighted by Gasteiger charge is -2.04. The van der Waals surface area contributed by atoms with Crippen molar-refractivity contribution in [3.63, 3.8) is 0 Å². The SMILES string of the molecule is COC(=O)CC=Cc1cc(C)c(Cl)c(C)c1. The van der Waals surface area contributed by atoms with E-state index in [9.17, 15) is 4.79 Å². The number of aryl methyl sites for hydroxylation is 2. The Bertz CT molecular complexity index is 399. The Morgan fingerprint density at radius 2 is 1.94 bits per heavy atom. The molecule has 1 rings (SSSR count). The molecule has 0 aliphatic rings. The average molecular weight is 239 g/mol. The van der Waals surface area contributed by atoms with Gasteiger partial charge in [-0.3, -0.25) is 4.79 Å². The van der Waals surface area contributed by atoms with Gasteiger partial charge in [0.1, 0.15) is 0 Å². The smallest absolute Gasteiger partial charge is 0.309 e. The highest BCUT2D eigenvalue weighted by molar-refractivity contribution is 6.32. The first-order valence-corrected chi connectivity index (χ1v) is 5.42. The van der Waals surface area contributed by atoms with Gasteiger partial charge in [0, 0.05) is 5.02 Å². The minimum Gasteiger partial charge on any atom is -0.469 e. The van der Waals surface area contributed by atoms with E-state index in [1.165, 1.54) is 7.11 Å². The first-order valence-electron chi connectivity index (χ1n) is 5.04. The molecule has 0 heterocycles. The number of hydrogen-bond donors (Lipinski definition) is 0. The Kier molecular flexibility index (Phi) is 4.56. The predicted molar refractivity (Wildman–Crippen MR) is 66.6 cm³/mol. The van der Waals surface area contributed by atoms with Crippen molar-refractivity contribution in [1.29, 1.82) is 0 Å². The Morgan fingerprint density at radius 3 is 2.44 bits per heavy atom. The third-order valence-corrected chi connectivity index (χ3v) is 2.88. The first-order chi connectivity index (χ1) is 7.54. The number of carbonyl (C=O) groups excluding carboxylic acids is 1. The van der Waals surface area contributed by atoms with Gasteiger partial charge in [-0.15, -0.1) is 0 Å². The van der Waals surface area contributed by atoms with Crippen LogP contribution in [0, 0.1) is 13.8 Å². The molecule has 1 aromatic rings. The molecule has 0 atom stereocenters. The lowest BCUT2D eigenvalue weighted by atomic mass is 10.1. The van der Waals surface area contributed by atoms with Crippen LogP contribution in [0.5, 0.6) is 0 Å². The summed E-state index contributed by atoms with van der Waals surface area (Å²) in [5, 5.41) is 0.796. The monoisotopic (exact) mass is 238 g/mol. The van der Waals surface area contributed by atoms with E-state index in [0.29, 0.717) is 0 Å². The molecule has 0 saturated heterocycles. The number of ether oxygens (including phenoxy) is 1. The number of halogens is 1. The van der Waals surface area contributed by atoms with E-state index in [2.05, 4.69) is 4.74 Å². The molecule has 0 radical (unpaired) electrons. The van der Waals surface area contributed by atoms with Crippen LogP contribution in [-0.4, -0.2) is 13.1 Å². The Morgan fingerprint density at radius 1 is 1.38 bits per heavy atom. The van der Waals surface area contributed by atoms with E-state index in [4.69, 9.17) is 11.6 Å². The minimum absolute atomic E-state index is 0.237. The van der Waals surface area contributed by atoms with Crippen molar-refractivity contribution in [2.45, 2.75) is 20.3 Å². The fraction of sp³-hybridized carbons (Fsp3) is 0.308. The standard InChI is InChI=1S/C13H15ClO2/c1-9-7-11(8-10(2)13(9)14)5-4-6-12(15)16-3/h4-5,7-8H,6H2,1-3H3. The zero-order valence-corrected chi connectivity index (χ0v) is 10.5. The molecule has 0 aliphatic carbocycles. The second-order valence-electron chi connectivity index (χ2n) is 3.65. The number of rotatable bonds is 3. The topological polar surface area (TPSA) is 26.3 Å². The highest BCUT2D eigenvalue weighted by atomic mass is 35.5. The average Bonchev–Trinajstić information content (AvgIpc) is 2.25. The maximum absolute atomic E-state index is 10.9. The lowest BCUT2D eigenvalue weighted by molar-refractivity contribution is -0.139. The minimum atomic E-state index is -0.237. The summed E-state index contributed by atoms with van der Waals surface area (Å²) in [5.74, 6) is -0.237. The molecular weight excluding hydrogens is 224 g/mol. The largest absolute Gasteiger partial charge is 0.469 e. The van der Waals surface area contributed by atoms with Gasteiger partial charge in [0.2, 0.25) is 0 Å². The molecule has 16 heavy (non-hydrogen) atoms. The van der Waals surface area contributed by atoms with E-state index in [1.54, 1.807) is 6.08 Å². The maximum Gasteiger partial charge on any atom is 0.309 e. The van der Waals surface area contributed by atoms with Gasteiger partial charge < -0.3 is 4.74 Å². The molecule has 2 nitrogen and oxygen atoms in total. The summed E-state index contributed by atoms with van der Waals surface area (Å²) in [6.07, 6.45) is 3.97. The Hall–Kier alpha value is -1.28. The van der Waals surface area contributed by atoms with Crippen LogP contribution in [-0.2, 0) is 9.53 Å². The van der Waals surface area contributed by atoms with Crippen LogP contribution < -0.4 is 0 Å². The molecule has 0 aromatic heterocycles. The number of benzene rings is 1. The summed E-state index contributed by atoms with van der Waals surface area (Å²) >= 11 is 6.06. The number of carbonyl (C=O) groups is 1. The fourth-order valence-corrected chi connectivity index (χ4v) is 1.56. The summed E-state index contributed by atoms with van der Waals surface area (Å²) in [7, 11) is 1.38. The highest BCUT2D eigenvalue weighted by Crippen LogP contribution is 2.22. The second-order valence-corrected chi connectivity index (χ2v) is 4.03. The summed E-state index contributed by atoms with van der Waals surface area (Å²) in [4.78, 5) is 10.9. The third-order valence-electron chi connectivity index (χ3n) is 2.28. The molecule has 0 spiro atoms. The van der Waals surface area contributed by atoms with Crippen LogP contribution in [0.15, 0.2) is 18.2 Å². The van der Waals surface area contributed by atoms with Crippen LogP contribution in [0.2, 0.25) is 5.02 Å². The quantitative estimate of drug-likeness (QED) is 0.753. The first kappa shape index (κ1) is 12.8. The van der Waals surface area contributed by atoms with Crippen LogP contribution in [0.4, 0.5) is 0 Å². The van der Waals surface area contributed by atoms with Crippen molar-refractivity contribution < 1.29 is 9.53 Å². The molecule has 86 valence electrons. The van der Waals surface area contributed by atoms with Gasteiger partial charge in [-0.2, -0.15) is 0 Å². The van der Waals surface area contributed by atoms with E-state index < -0.39 is 0 Å². The second kappa shape index (κ2) is 5.71. The maximum atomic E-state index is 10.9. The molecule has 0 fully saturated rings. The van der Waals surface area contributed by atoms with Crippen LogP contribution >= 0.6 is 11.6 Å². The van der Waals surface area contributed by atoms with Crippen LogP contribution in [0.25, 0.3) is 6.08 Å². The Labute approximate surface area is 101 Å². The van der Waals surface area contributed by atoms with Crippen molar-refractivity contribution in [2.24, 2.45) is 0 Å². The van der Waals surface area contributed by atoms with E-state index in [1.807, 2.05) is 32.1 Å². The molecule has 0 aliphatic heterocycles. The van der Waals surface area contributed by atoms with Gasteiger partial charge >= 0.3 is 5.97 Å². The molecular formula is C13H15ClO2. The zero-order chi connectivity index (χ0) is 12.1. The van der Waals surface area contributed by atoms with Gasteiger partial charge in [0.15, 0.2) is 0 Å². The van der Waals surface area contributed by atoms with Crippen LogP contribution in [0.3, 0.4) is 0 Å². The Balaban J connectivity index is 2.78. The van der Waals surface area contributed by atoms with Crippen LogP contribution in [0.1, 0.15) is 23.1 Å². The van der Waals surface area contributed by atoms with Crippen molar-refractivity contribution in [3.8, 4) is 0 Å². The molecule has 0 unspecified atom stereocenters. The molecule has 0 amide bonds. The van der Waals surface area contributed by atoms with Crippen molar-refractivity contribution in [2.75, 3.05) is 7.11 Å². The predicted octanol–water partition coefficient (Wildman–Crippen LogP) is 3.53. The van der Waals surface area contributed by atoms with E-state index in [-0.39, 0.29) is 12.4 Å². The van der Waals surface area contributed by atoms with Gasteiger partial charge in [-0.25, -0.2) is 0 Å². The van der Waals surface area contributed by atoms with Crippen molar-refractivity contribution in [1.82, 2.24) is 0 Å². The lowest BCUT2D eigenvalue weighted by Crippen LogP contribution is -1.96. The molecule has 3 heteroatoms. The van der Waals surface area contributed by atoms with E-state index >= 15 is 0 Å². The normalized spacial score (nSPS) is 10.8. The summed E-state index contributed by atoms with van der Waals surface area (Å²) in [6, 6.07) is 3.98. The zero-order valence-electron chi connectivity index (χ0n) is 9.71. The molecule has 0 saturated carbocycles. The number of hydrogen-bond acceptors (Lipinski definition) is 2. The number of methoxy groups -OCH3 is 1. The van der Waals surface area contributed by atoms with E-state index in [0.717, 1.165) is 21.7 Å². The molecule has 0 bridgehead atoms. The molecule has 1 aromatic carbocycles. The van der Waals surface area contributed by atoms with Gasteiger partial charge in [0.05, 0.1) is 13.5 Å². The van der Waals surface area contributed by atoms with Gasteiger partial charge in [-0.05, 0) is 30.5 Å². The third kappa shape index (κ3) is 3.38. The van der Waals surface area contributed by atoms with Crippen molar-refractivity contribution in [3.05, 3.63) is 39.9 Å². The van der Waals surface area contributed by atoms with Gasteiger partial charge in [0.25, 0.3) is 0 Å². The summed E-state index contributed by atoms with van der Waals surface area (Å²) in [5.41, 5.74) is 3.13. The van der Waals surface area contributed by atoms with Gasteiger partial charge in [-0.1, -0.05) is 35.9 Å². The number of esters is 1. The highest BCUT2D eigenvalue weighted by Gasteiger charge is 2.00. The molecule has 0 N–H and O–H groups in total. The summed E-state index contributed by atoms with van der Waals surface area (Å²) in [6.45, 7) is 3.93. The fourth-order valence-electron chi connectivity index (χ4n) is 1.45. The summed E-state index contributed by atoms with van der Waals surface area (Å²) < 4.78 is 4.54. The van der Waals surface area contributed by atoms with Crippen molar-refractivity contribution >= 4 is 23.6 Å².